The molecule has 8 nitrogen and oxygen atoms in total. The van der Waals surface area contributed by atoms with Gasteiger partial charge in [-0.25, -0.2) is 4.79 Å². The molecular weight excluding hydrogens is 400 g/mol. The van der Waals surface area contributed by atoms with Gasteiger partial charge >= 0.3 is 5.97 Å². The van der Waals surface area contributed by atoms with Gasteiger partial charge in [0.2, 0.25) is 0 Å². The number of ether oxygens (including phenoxy) is 2. The Labute approximate surface area is 181 Å². The van der Waals surface area contributed by atoms with Crippen LogP contribution in [0.2, 0.25) is 0 Å². The molecule has 0 atom stereocenters. The summed E-state index contributed by atoms with van der Waals surface area (Å²) in [4.78, 5) is 35.4. The number of nitro benzene ring substituents is 1. The van der Waals surface area contributed by atoms with Crippen molar-refractivity contribution in [2.24, 2.45) is 0 Å². The van der Waals surface area contributed by atoms with E-state index in [0.717, 1.165) is 12.8 Å². The van der Waals surface area contributed by atoms with Crippen LogP contribution < -0.4 is 10.1 Å². The Bertz CT molecular complexity index is 920. The summed E-state index contributed by atoms with van der Waals surface area (Å²) in [7, 11) is 0. The third kappa shape index (κ3) is 7.58. The Balaban J connectivity index is 2.17. The summed E-state index contributed by atoms with van der Waals surface area (Å²) in [5.41, 5.74) is 0.725. The number of hydrogen-bond acceptors (Lipinski definition) is 6. The largest absolute Gasteiger partial charge is 0.494 e. The topological polar surface area (TPSA) is 108 Å². The number of nitrogens with one attached hydrogen (secondary N) is 1. The minimum atomic E-state index is -0.687. The predicted octanol–water partition coefficient (Wildman–Crippen LogP) is 4.50. The maximum absolute atomic E-state index is 12.6. The van der Waals surface area contributed by atoms with Crippen molar-refractivity contribution in [3.05, 3.63) is 75.5 Å². The molecule has 0 radical (unpaired) electrons. The third-order valence-corrected chi connectivity index (χ3v) is 4.20. The van der Waals surface area contributed by atoms with Crippen LogP contribution in [-0.4, -0.2) is 30.0 Å². The fraction of sp³-hybridized carbons (Fsp3) is 0.304. The Hall–Kier alpha value is -3.68. The monoisotopic (exact) mass is 426 g/mol. The molecule has 0 aromatic heterocycles. The minimum Gasteiger partial charge on any atom is -0.494 e. The van der Waals surface area contributed by atoms with Crippen LogP contribution in [0.4, 0.5) is 5.69 Å². The summed E-state index contributed by atoms with van der Waals surface area (Å²) in [6, 6.07) is 12.2. The molecule has 0 saturated carbocycles. The summed E-state index contributed by atoms with van der Waals surface area (Å²) in [5.74, 6) is -0.510. The summed E-state index contributed by atoms with van der Waals surface area (Å²) in [5, 5.41) is 13.4. The van der Waals surface area contributed by atoms with Crippen molar-refractivity contribution in [3.63, 3.8) is 0 Å². The molecule has 0 aliphatic rings. The number of rotatable bonds is 11. The van der Waals surface area contributed by atoms with Crippen molar-refractivity contribution in [1.29, 1.82) is 0 Å². The molecule has 0 unspecified atom stereocenters. The zero-order valence-electron chi connectivity index (χ0n) is 17.6. The number of hydrogen-bond donors (Lipinski definition) is 1. The molecule has 1 amide bonds. The molecule has 8 heteroatoms. The van der Waals surface area contributed by atoms with E-state index in [1.165, 1.54) is 30.3 Å². The first kappa shape index (κ1) is 23.6. The lowest BCUT2D eigenvalue weighted by Gasteiger charge is -2.11. The molecule has 0 spiro atoms. The first-order chi connectivity index (χ1) is 14.9. The summed E-state index contributed by atoms with van der Waals surface area (Å²) in [6.07, 6.45) is 4.02. The molecule has 164 valence electrons. The molecule has 0 saturated heterocycles. The van der Waals surface area contributed by atoms with Crippen LogP contribution in [0.1, 0.15) is 49.0 Å². The number of carbonyl (C=O) groups is 2. The van der Waals surface area contributed by atoms with Crippen LogP contribution in [0.25, 0.3) is 6.08 Å². The van der Waals surface area contributed by atoms with Crippen molar-refractivity contribution in [2.75, 3.05) is 13.2 Å². The second-order valence-electron chi connectivity index (χ2n) is 6.72. The van der Waals surface area contributed by atoms with E-state index >= 15 is 0 Å². The summed E-state index contributed by atoms with van der Waals surface area (Å²) < 4.78 is 10.7. The average Bonchev–Trinajstić information content (AvgIpc) is 2.78. The number of unbranched alkanes of at least 4 members (excludes halogenated alkanes) is 1. The SMILES string of the molecule is CCCCOc1ccc(C(=O)N/C(=C/c2ccc([N+](=O)[O-])cc2)C(=O)OCCC)cc1. The lowest BCUT2D eigenvalue weighted by molar-refractivity contribution is -0.384. The molecule has 0 aliphatic heterocycles. The molecule has 31 heavy (non-hydrogen) atoms. The molecule has 2 aromatic rings. The van der Waals surface area contributed by atoms with Crippen LogP contribution in [0.3, 0.4) is 0 Å². The van der Waals surface area contributed by atoms with Crippen LogP contribution >= 0.6 is 0 Å². The maximum atomic E-state index is 12.6. The fourth-order valence-corrected chi connectivity index (χ4v) is 2.51. The number of carbonyl (C=O) groups excluding carboxylic acids is 2. The lowest BCUT2D eigenvalue weighted by atomic mass is 10.1. The molecule has 0 heterocycles. The highest BCUT2D eigenvalue weighted by Gasteiger charge is 2.16. The Kier molecular flexibility index (Phi) is 9.22. The molecule has 2 aromatic carbocycles. The van der Waals surface area contributed by atoms with Crippen LogP contribution in [0.15, 0.2) is 54.2 Å². The van der Waals surface area contributed by atoms with Crippen LogP contribution in [0, 0.1) is 10.1 Å². The minimum absolute atomic E-state index is 0.0597. The highest BCUT2D eigenvalue weighted by Crippen LogP contribution is 2.16. The predicted molar refractivity (Wildman–Crippen MR) is 117 cm³/mol. The summed E-state index contributed by atoms with van der Waals surface area (Å²) in [6.45, 7) is 4.74. The molecule has 1 N–H and O–H groups in total. The first-order valence-corrected chi connectivity index (χ1v) is 10.1. The first-order valence-electron chi connectivity index (χ1n) is 10.1. The number of non-ortho nitro benzene ring substituents is 1. The zero-order chi connectivity index (χ0) is 22.6. The number of amides is 1. The second kappa shape index (κ2) is 12.1. The van der Waals surface area contributed by atoms with E-state index < -0.39 is 16.8 Å². The molecule has 0 aliphatic carbocycles. The Morgan fingerprint density at radius 2 is 1.68 bits per heavy atom. The molecule has 2 rings (SSSR count). The molecule has 0 bridgehead atoms. The van der Waals surface area contributed by atoms with Gasteiger partial charge in [0, 0.05) is 17.7 Å². The molecule has 0 fully saturated rings. The smallest absolute Gasteiger partial charge is 0.354 e. The van der Waals surface area contributed by atoms with Crippen LogP contribution in [-0.2, 0) is 9.53 Å². The van der Waals surface area contributed by atoms with Crippen LogP contribution in [0.5, 0.6) is 5.75 Å². The van der Waals surface area contributed by atoms with E-state index in [-0.39, 0.29) is 18.0 Å². The van der Waals surface area contributed by atoms with Gasteiger partial charge in [-0.3, -0.25) is 14.9 Å². The normalized spacial score (nSPS) is 11.0. The van der Waals surface area contributed by atoms with E-state index in [9.17, 15) is 19.7 Å². The standard InChI is InChI=1S/C23H26N2O6/c1-3-5-15-30-20-12-8-18(9-13-20)22(26)24-21(23(27)31-14-4-2)16-17-6-10-19(11-7-17)25(28)29/h6-13,16H,3-5,14-15H2,1-2H3,(H,24,26)/b21-16+. The lowest BCUT2D eigenvalue weighted by Crippen LogP contribution is -2.28. The van der Waals surface area contributed by atoms with Gasteiger partial charge in [-0.05, 0) is 60.9 Å². The van der Waals surface area contributed by atoms with E-state index in [2.05, 4.69) is 12.2 Å². The van der Waals surface area contributed by atoms with E-state index in [1.54, 1.807) is 24.3 Å². The fourth-order valence-electron chi connectivity index (χ4n) is 2.51. The average molecular weight is 426 g/mol. The third-order valence-electron chi connectivity index (χ3n) is 4.20. The highest BCUT2D eigenvalue weighted by molar-refractivity contribution is 6.03. The number of benzene rings is 2. The van der Waals surface area contributed by atoms with Gasteiger partial charge in [-0.15, -0.1) is 0 Å². The van der Waals surface area contributed by atoms with Gasteiger partial charge in [0.05, 0.1) is 18.1 Å². The molecular formula is C23H26N2O6. The second-order valence-corrected chi connectivity index (χ2v) is 6.72. The van der Waals surface area contributed by atoms with Crippen molar-refractivity contribution in [1.82, 2.24) is 5.32 Å². The van der Waals surface area contributed by atoms with Gasteiger partial charge in [0.15, 0.2) is 0 Å². The Morgan fingerprint density at radius 3 is 2.26 bits per heavy atom. The van der Waals surface area contributed by atoms with E-state index in [4.69, 9.17) is 9.47 Å². The van der Waals surface area contributed by atoms with E-state index in [0.29, 0.717) is 29.9 Å². The van der Waals surface area contributed by atoms with Crippen molar-refractivity contribution >= 4 is 23.6 Å². The maximum Gasteiger partial charge on any atom is 0.354 e. The van der Waals surface area contributed by atoms with Crippen molar-refractivity contribution in [2.45, 2.75) is 33.1 Å². The van der Waals surface area contributed by atoms with Gasteiger partial charge in [-0.1, -0.05) is 20.3 Å². The number of nitro groups is 1. The van der Waals surface area contributed by atoms with Gasteiger partial charge in [0.1, 0.15) is 11.4 Å². The summed E-state index contributed by atoms with van der Waals surface area (Å²) >= 11 is 0. The van der Waals surface area contributed by atoms with Gasteiger partial charge < -0.3 is 14.8 Å². The van der Waals surface area contributed by atoms with Crippen molar-refractivity contribution < 1.29 is 24.0 Å². The number of esters is 1. The quantitative estimate of drug-likeness (QED) is 0.186. The Morgan fingerprint density at radius 1 is 1.00 bits per heavy atom. The van der Waals surface area contributed by atoms with Gasteiger partial charge in [0.25, 0.3) is 11.6 Å². The zero-order valence-corrected chi connectivity index (χ0v) is 17.6. The number of nitrogens with zero attached hydrogens (tertiary/aromatic N) is 1. The van der Waals surface area contributed by atoms with Gasteiger partial charge in [-0.2, -0.15) is 0 Å². The van der Waals surface area contributed by atoms with E-state index in [1.807, 2.05) is 6.92 Å². The highest BCUT2D eigenvalue weighted by atomic mass is 16.6. The van der Waals surface area contributed by atoms with Crippen molar-refractivity contribution in [3.8, 4) is 5.75 Å².